The minimum atomic E-state index is -5.37. The molecule has 2 aromatic carbocycles. The van der Waals surface area contributed by atoms with Crippen LogP contribution in [0.15, 0.2) is 51.7 Å². The SMILES string of the molecule is NCCc1cccc(Cn2c(OC(=O)C(F)(F)F)nc(OCc3ccc(F)cc3F)c(Br)c2=O)c1. The largest absolute Gasteiger partial charge is 0.491 e. The predicted molar refractivity (Wildman–Crippen MR) is 117 cm³/mol. The Morgan fingerprint density at radius 2 is 1.83 bits per heavy atom. The summed E-state index contributed by atoms with van der Waals surface area (Å²) < 4.78 is 75.6. The van der Waals surface area contributed by atoms with Crippen molar-refractivity contribution in [1.29, 1.82) is 0 Å². The molecule has 0 saturated heterocycles. The molecule has 0 spiro atoms. The summed E-state index contributed by atoms with van der Waals surface area (Å²) in [6.45, 7) is -0.489. The number of nitrogens with two attached hydrogens (primary N) is 1. The van der Waals surface area contributed by atoms with E-state index in [1.54, 1.807) is 24.3 Å². The first-order chi connectivity index (χ1) is 16.5. The van der Waals surface area contributed by atoms with Crippen LogP contribution in [0.3, 0.4) is 0 Å². The van der Waals surface area contributed by atoms with Crippen molar-refractivity contribution in [2.45, 2.75) is 25.7 Å². The number of hydrogen-bond acceptors (Lipinski definition) is 6. The topological polar surface area (TPSA) is 96.4 Å². The maximum Gasteiger partial charge on any atom is 0.491 e. The van der Waals surface area contributed by atoms with Crippen molar-refractivity contribution >= 4 is 21.9 Å². The maximum atomic E-state index is 13.9. The zero-order valence-corrected chi connectivity index (χ0v) is 19.3. The molecule has 1 heterocycles. The number of carbonyl (C=O) groups is 1. The van der Waals surface area contributed by atoms with E-state index in [-0.39, 0.29) is 16.6 Å². The van der Waals surface area contributed by atoms with Gasteiger partial charge in [0.1, 0.15) is 22.7 Å². The second-order valence-electron chi connectivity index (χ2n) is 7.18. The van der Waals surface area contributed by atoms with Crippen LogP contribution >= 0.6 is 15.9 Å². The van der Waals surface area contributed by atoms with Crippen molar-refractivity contribution in [3.05, 3.63) is 85.6 Å². The molecule has 13 heteroatoms. The molecule has 0 unspecified atom stereocenters. The Morgan fingerprint density at radius 3 is 2.49 bits per heavy atom. The highest BCUT2D eigenvalue weighted by atomic mass is 79.9. The molecule has 1 aromatic heterocycles. The first kappa shape index (κ1) is 26.3. The predicted octanol–water partition coefficient (Wildman–Crippen LogP) is 3.88. The zero-order valence-electron chi connectivity index (χ0n) is 17.7. The number of benzene rings is 2. The summed E-state index contributed by atoms with van der Waals surface area (Å²) in [4.78, 5) is 28.2. The highest BCUT2D eigenvalue weighted by Crippen LogP contribution is 2.26. The molecule has 0 amide bonds. The van der Waals surface area contributed by atoms with Gasteiger partial charge in [0.05, 0.1) is 6.54 Å². The van der Waals surface area contributed by atoms with Gasteiger partial charge in [-0.05, 0) is 52.2 Å². The fourth-order valence-electron chi connectivity index (χ4n) is 2.96. The van der Waals surface area contributed by atoms with E-state index >= 15 is 0 Å². The standard InChI is InChI=1S/C22H17BrF5N3O4/c23-17-18(34-11-14-4-5-15(24)9-16(14)25)30-21(35-20(33)22(26,27)28)31(19(17)32)10-13-3-1-2-12(8-13)6-7-29/h1-5,8-9H,6-7,10-11,29H2. The van der Waals surface area contributed by atoms with Crippen molar-refractivity contribution in [3.63, 3.8) is 0 Å². The van der Waals surface area contributed by atoms with Crippen LogP contribution in [-0.2, 0) is 24.4 Å². The average Bonchev–Trinajstić information content (AvgIpc) is 2.78. The Bertz CT molecular complexity index is 1300. The van der Waals surface area contributed by atoms with Crippen molar-refractivity contribution < 1.29 is 36.2 Å². The Morgan fingerprint density at radius 1 is 1.11 bits per heavy atom. The molecule has 7 nitrogen and oxygen atoms in total. The summed E-state index contributed by atoms with van der Waals surface area (Å²) in [5.41, 5.74) is 5.81. The maximum absolute atomic E-state index is 13.9. The minimum Gasteiger partial charge on any atom is -0.472 e. The third kappa shape index (κ3) is 6.63. The van der Waals surface area contributed by atoms with Gasteiger partial charge in [-0.25, -0.2) is 13.6 Å². The first-order valence-electron chi connectivity index (χ1n) is 9.93. The number of rotatable bonds is 8. The lowest BCUT2D eigenvalue weighted by Gasteiger charge is -2.16. The van der Waals surface area contributed by atoms with Crippen LogP contribution < -0.4 is 20.8 Å². The van der Waals surface area contributed by atoms with Crippen molar-refractivity contribution in [2.24, 2.45) is 5.73 Å². The van der Waals surface area contributed by atoms with Gasteiger partial charge in [0.15, 0.2) is 0 Å². The summed E-state index contributed by atoms with van der Waals surface area (Å²) in [7, 11) is 0. The van der Waals surface area contributed by atoms with Gasteiger partial charge in [-0.15, -0.1) is 0 Å². The van der Waals surface area contributed by atoms with Crippen LogP contribution in [0.1, 0.15) is 16.7 Å². The average molecular weight is 562 g/mol. The monoisotopic (exact) mass is 561 g/mol. The summed E-state index contributed by atoms with van der Waals surface area (Å²) in [5, 5.41) is 0. The van der Waals surface area contributed by atoms with Gasteiger partial charge in [0, 0.05) is 11.6 Å². The molecule has 0 saturated carbocycles. The van der Waals surface area contributed by atoms with E-state index in [0.29, 0.717) is 29.2 Å². The highest BCUT2D eigenvalue weighted by molar-refractivity contribution is 9.10. The summed E-state index contributed by atoms with van der Waals surface area (Å²) in [6, 6.07) is 8.42. The lowest BCUT2D eigenvalue weighted by molar-refractivity contribution is -0.190. The first-order valence-corrected chi connectivity index (χ1v) is 10.7. The van der Waals surface area contributed by atoms with E-state index < -0.39 is 47.8 Å². The molecule has 0 aliphatic carbocycles. The van der Waals surface area contributed by atoms with E-state index in [9.17, 15) is 31.5 Å². The molecular weight excluding hydrogens is 545 g/mol. The number of aromatic nitrogens is 2. The third-order valence-corrected chi connectivity index (χ3v) is 5.29. The van der Waals surface area contributed by atoms with E-state index in [4.69, 9.17) is 10.5 Å². The second kappa shape index (κ2) is 11.0. The summed E-state index contributed by atoms with van der Waals surface area (Å²) >= 11 is 2.97. The Kier molecular flexibility index (Phi) is 8.22. The summed E-state index contributed by atoms with van der Waals surface area (Å²) in [5.74, 6) is -4.94. The van der Waals surface area contributed by atoms with Gasteiger partial charge in [-0.1, -0.05) is 24.3 Å². The van der Waals surface area contributed by atoms with Crippen LogP contribution in [0.25, 0.3) is 0 Å². The molecule has 0 aliphatic heterocycles. The normalized spacial score (nSPS) is 11.4. The lowest BCUT2D eigenvalue weighted by atomic mass is 10.1. The van der Waals surface area contributed by atoms with Crippen LogP contribution in [0.5, 0.6) is 11.9 Å². The van der Waals surface area contributed by atoms with Crippen molar-refractivity contribution in [2.75, 3.05) is 6.54 Å². The fraction of sp³-hybridized carbons (Fsp3) is 0.227. The smallest absolute Gasteiger partial charge is 0.472 e. The molecule has 2 N–H and O–H groups in total. The minimum absolute atomic E-state index is 0.116. The molecule has 186 valence electrons. The number of alkyl halides is 3. The lowest BCUT2D eigenvalue weighted by Crippen LogP contribution is -2.32. The zero-order chi connectivity index (χ0) is 25.8. The van der Waals surface area contributed by atoms with E-state index in [1.807, 2.05) is 0 Å². The molecule has 3 rings (SSSR count). The third-order valence-electron chi connectivity index (χ3n) is 4.61. The van der Waals surface area contributed by atoms with Crippen LogP contribution in [0.4, 0.5) is 22.0 Å². The van der Waals surface area contributed by atoms with E-state index in [0.717, 1.165) is 17.7 Å². The quantitative estimate of drug-likeness (QED) is 0.331. The van der Waals surface area contributed by atoms with E-state index in [1.165, 1.54) is 0 Å². The van der Waals surface area contributed by atoms with Crippen LogP contribution in [0, 0.1) is 11.6 Å². The van der Waals surface area contributed by atoms with Crippen molar-refractivity contribution in [3.8, 4) is 11.9 Å². The second-order valence-corrected chi connectivity index (χ2v) is 7.97. The molecule has 0 atom stereocenters. The molecule has 3 aromatic rings. The fourth-order valence-corrected chi connectivity index (χ4v) is 3.38. The Hall–Kier alpha value is -3.32. The molecule has 0 bridgehead atoms. The Balaban J connectivity index is 2.00. The van der Waals surface area contributed by atoms with Crippen molar-refractivity contribution in [1.82, 2.24) is 9.55 Å². The number of hydrogen-bond donors (Lipinski definition) is 1. The Labute approximate surface area is 203 Å². The van der Waals surface area contributed by atoms with Gasteiger partial charge in [0.25, 0.3) is 5.56 Å². The highest BCUT2D eigenvalue weighted by Gasteiger charge is 2.42. The number of esters is 1. The van der Waals surface area contributed by atoms with Gasteiger partial charge in [-0.2, -0.15) is 18.2 Å². The molecule has 0 radical (unpaired) electrons. The number of halogens is 6. The number of carbonyl (C=O) groups excluding carboxylic acids is 1. The number of nitrogens with zero attached hydrogens (tertiary/aromatic N) is 2. The van der Waals surface area contributed by atoms with Gasteiger partial charge in [-0.3, -0.25) is 9.36 Å². The molecule has 0 aliphatic rings. The van der Waals surface area contributed by atoms with Crippen LogP contribution in [0.2, 0.25) is 0 Å². The van der Waals surface area contributed by atoms with Gasteiger partial charge < -0.3 is 15.2 Å². The molecular formula is C22H17BrF5N3O4. The molecule has 35 heavy (non-hydrogen) atoms. The van der Waals surface area contributed by atoms with Gasteiger partial charge in [0.2, 0.25) is 5.88 Å². The summed E-state index contributed by atoms with van der Waals surface area (Å²) in [6.07, 6.45) is -4.84. The molecule has 0 fully saturated rings. The van der Waals surface area contributed by atoms with E-state index in [2.05, 4.69) is 25.7 Å². The number of ether oxygens (including phenoxy) is 2. The van der Waals surface area contributed by atoms with Gasteiger partial charge >= 0.3 is 18.2 Å². The van der Waals surface area contributed by atoms with Crippen LogP contribution in [-0.4, -0.2) is 28.2 Å².